The molecule has 106 valence electrons. The van der Waals surface area contributed by atoms with Gasteiger partial charge in [-0.15, -0.1) is 0 Å². The zero-order valence-corrected chi connectivity index (χ0v) is 12.8. The number of hydrogen-bond acceptors (Lipinski definition) is 3. The summed E-state index contributed by atoms with van der Waals surface area (Å²) in [5.41, 5.74) is 10.1. The van der Waals surface area contributed by atoms with Crippen LogP contribution >= 0.6 is 0 Å². The Morgan fingerprint density at radius 1 is 1.26 bits per heavy atom. The average molecular weight is 262 g/mol. The van der Waals surface area contributed by atoms with Crippen molar-refractivity contribution in [1.82, 2.24) is 4.90 Å². The van der Waals surface area contributed by atoms with E-state index in [1.807, 2.05) is 0 Å². The molecule has 3 nitrogen and oxygen atoms in total. The van der Waals surface area contributed by atoms with E-state index in [9.17, 15) is 0 Å². The standard InChI is InChI=1S/C16H26N2O/c1-11-8-13(9-12(2)14(11)19-5)15(18(3)4)16(10-17)6-7-16/h8-9,15H,6-7,10,17H2,1-5H3. The van der Waals surface area contributed by atoms with Gasteiger partial charge in [-0.05, 0) is 64.0 Å². The minimum Gasteiger partial charge on any atom is -0.496 e. The van der Waals surface area contributed by atoms with Crippen molar-refractivity contribution in [1.29, 1.82) is 0 Å². The summed E-state index contributed by atoms with van der Waals surface area (Å²) in [4.78, 5) is 2.31. The molecule has 0 aromatic heterocycles. The highest BCUT2D eigenvalue weighted by molar-refractivity contribution is 5.45. The fourth-order valence-electron chi connectivity index (χ4n) is 3.41. The lowest BCUT2D eigenvalue weighted by atomic mass is 9.87. The van der Waals surface area contributed by atoms with Crippen LogP contribution in [-0.4, -0.2) is 32.6 Å². The van der Waals surface area contributed by atoms with E-state index in [1.54, 1.807) is 7.11 Å². The third-order valence-corrected chi connectivity index (χ3v) is 4.40. The number of benzene rings is 1. The van der Waals surface area contributed by atoms with Crippen LogP contribution in [0.5, 0.6) is 5.75 Å². The number of methoxy groups -OCH3 is 1. The lowest BCUT2D eigenvalue weighted by Crippen LogP contribution is -2.33. The molecule has 0 saturated heterocycles. The molecule has 19 heavy (non-hydrogen) atoms. The van der Waals surface area contributed by atoms with Gasteiger partial charge in [0.25, 0.3) is 0 Å². The molecule has 2 N–H and O–H groups in total. The van der Waals surface area contributed by atoms with Crippen molar-refractivity contribution in [3.63, 3.8) is 0 Å². The van der Waals surface area contributed by atoms with Gasteiger partial charge in [-0.2, -0.15) is 0 Å². The minimum absolute atomic E-state index is 0.275. The van der Waals surface area contributed by atoms with Crippen molar-refractivity contribution in [2.24, 2.45) is 11.1 Å². The molecule has 0 aliphatic heterocycles. The van der Waals surface area contributed by atoms with Gasteiger partial charge in [0.05, 0.1) is 7.11 Å². The van der Waals surface area contributed by atoms with Gasteiger partial charge in [-0.1, -0.05) is 12.1 Å². The number of nitrogens with two attached hydrogens (primary N) is 1. The summed E-state index contributed by atoms with van der Waals surface area (Å²) >= 11 is 0. The summed E-state index contributed by atoms with van der Waals surface area (Å²) in [5, 5.41) is 0. The Balaban J connectivity index is 2.44. The third kappa shape index (κ3) is 2.49. The summed E-state index contributed by atoms with van der Waals surface area (Å²) in [6.07, 6.45) is 2.47. The summed E-state index contributed by atoms with van der Waals surface area (Å²) < 4.78 is 5.46. The van der Waals surface area contributed by atoms with Gasteiger partial charge in [0.2, 0.25) is 0 Å². The number of aryl methyl sites for hydroxylation is 2. The summed E-state index contributed by atoms with van der Waals surface area (Å²) in [5.74, 6) is 0.999. The quantitative estimate of drug-likeness (QED) is 0.886. The average Bonchev–Trinajstić information content (AvgIpc) is 3.09. The first-order valence-corrected chi connectivity index (χ1v) is 6.97. The largest absolute Gasteiger partial charge is 0.496 e. The Morgan fingerprint density at radius 2 is 1.79 bits per heavy atom. The molecule has 0 heterocycles. The first-order chi connectivity index (χ1) is 8.95. The van der Waals surface area contributed by atoms with Crippen LogP contribution in [-0.2, 0) is 0 Å². The van der Waals surface area contributed by atoms with Gasteiger partial charge in [0.1, 0.15) is 5.75 Å². The molecular weight excluding hydrogens is 236 g/mol. The highest BCUT2D eigenvalue weighted by Gasteiger charge is 2.49. The summed E-state index contributed by atoms with van der Waals surface area (Å²) in [6, 6.07) is 4.92. The lowest BCUT2D eigenvalue weighted by molar-refractivity contribution is 0.198. The normalized spacial score (nSPS) is 18.5. The monoisotopic (exact) mass is 262 g/mol. The molecule has 0 spiro atoms. The van der Waals surface area contributed by atoms with Crippen LogP contribution in [0.4, 0.5) is 0 Å². The van der Waals surface area contributed by atoms with Gasteiger partial charge < -0.3 is 15.4 Å². The molecule has 1 saturated carbocycles. The molecule has 1 aliphatic carbocycles. The maximum atomic E-state index is 6.03. The van der Waals surface area contributed by atoms with Gasteiger partial charge in [0.15, 0.2) is 0 Å². The topological polar surface area (TPSA) is 38.5 Å². The summed E-state index contributed by atoms with van der Waals surface area (Å²) in [7, 11) is 6.03. The van der Waals surface area contributed by atoms with E-state index < -0.39 is 0 Å². The molecule has 1 aliphatic rings. The van der Waals surface area contributed by atoms with E-state index in [0.717, 1.165) is 12.3 Å². The zero-order chi connectivity index (χ0) is 14.2. The Labute approximate surface area is 116 Å². The van der Waals surface area contributed by atoms with E-state index in [4.69, 9.17) is 10.5 Å². The molecule has 0 radical (unpaired) electrons. The molecule has 1 aromatic rings. The molecule has 1 atom stereocenters. The first-order valence-electron chi connectivity index (χ1n) is 6.97. The minimum atomic E-state index is 0.275. The second-order valence-electron chi connectivity index (χ2n) is 6.12. The molecule has 2 rings (SSSR count). The second-order valence-corrected chi connectivity index (χ2v) is 6.12. The van der Waals surface area contributed by atoms with Crippen LogP contribution in [0.15, 0.2) is 12.1 Å². The Kier molecular flexibility index (Phi) is 3.88. The molecule has 0 amide bonds. The highest BCUT2D eigenvalue weighted by atomic mass is 16.5. The molecule has 1 aromatic carbocycles. The van der Waals surface area contributed by atoms with Crippen molar-refractivity contribution in [2.75, 3.05) is 27.7 Å². The number of nitrogens with zero attached hydrogens (tertiary/aromatic N) is 1. The number of hydrogen-bond donors (Lipinski definition) is 1. The van der Waals surface area contributed by atoms with Crippen LogP contribution < -0.4 is 10.5 Å². The van der Waals surface area contributed by atoms with Crippen molar-refractivity contribution in [2.45, 2.75) is 32.7 Å². The van der Waals surface area contributed by atoms with Crippen LogP contribution in [0, 0.1) is 19.3 Å². The maximum absolute atomic E-state index is 6.03. The second kappa shape index (κ2) is 5.14. The van der Waals surface area contributed by atoms with Crippen LogP contribution in [0.25, 0.3) is 0 Å². The van der Waals surface area contributed by atoms with E-state index in [-0.39, 0.29) is 5.41 Å². The van der Waals surface area contributed by atoms with Crippen LogP contribution in [0.3, 0.4) is 0 Å². The van der Waals surface area contributed by atoms with E-state index in [1.165, 1.54) is 29.5 Å². The summed E-state index contributed by atoms with van der Waals surface area (Å²) in [6.45, 7) is 4.99. The van der Waals surface area contributed by atoms with Gasteiger partial charge >= 0.3 is 0 Å². The first kappa shape index (κ1) is 14.4. The van der Waals surface area contributed by atoms with Crippen molar-refractivity contribution >= 4 is 0 Å². The smallest absolute Gasteiger partial charge is 0.124 e. The van der Waals surface area contributed by atoms with E-state index in [0.29, 0.717) is 6.04 Å². The molecule has 3 heteroatoms. The lowest BCUT2D eigenvalue weighted by Gasteiger charge is -2.33. The maximum Gasteiger partial charge on any atom is 0.124 e. The van der Waals surface area contributed by atoms with E-state index in [2.05, 4.69) is 45.0 Å². The fourth-order valence-corrected chi connectivity index (χ4v) is 3.41. The molecule has 0 bridgehead atoms. The van der Waals surface area contributed by atoms with Crippen LogP contribution in [0.1, 0.15) is 35.6 Å². The van der Waals surface area contributed by atoms with Gasteiger partial charge in [0, 0.05) is 11.5 Å². The van der Waals surface area contributed by atoms with Crippen molar-refractivity contribution in [3.05, 3.63) is 28.8 Å². The predicted octanol–water partition coefficient (Wildman–Crippen LogP) is 2.65. The van der Waals surface area contributed by atoms with E-state index >= 15 is 0 Å². The Bertz CT molecular complexity index is 441. The van der Waals surface area contributed by atoms with Crippen molar-refractivity contribution < 1.29 is 4.74 Å². The van der Waals surface area contributed by atoms with Crippen molar-refractivity contribution in [3.8, 4) is 5.75 Å². The Morgan fingerprint density at radius 3 is 2.11 bits per heavy atom. The predicted molar refractivity (Wildman–Crippen MR) is 79.6 cm³/mol. The van der Waals surface area contributed by atoms with Gasteiger partial charge in [-0.25, -0.2) is 0 Å². The van der Waals surface area contributed by atoms with Crippen LogP contribution in [0.2, 0.25) is 0 Å². The van der Waals surface area contributed by atoms with Gasteiger partial charge in [-0.3, -0.25) is 0 Å². The third-order valence-electron chi connectivity index (χ3n) is 4.40. The Hall–Kier alpha value is -1.06. The molecular formula is C16H26N2O. The SMILES string of the molecule is COc1c(C)cc(C(N(C)C)C2(CN)CC2)cc1C. The fraction of sp³-hybridized carbons (Fsp3) is 0.625. The number of ether oxygens (including phenoxy) is 1. The number of rotatable bonds is 5. The zero-order valence-electron chi connectivity index (χ0n) is 12.8. The molecule has 1 fully saturated rings. The highest BCUT2D eigenvalue weighted by Crippen LogP contribution is 2.56. The molecule has 1 unspecified atom stereocenters.